The van der Waals surface area contributed by atoms with Gasteiger partial charge in [-0.1, -0.05) is 75.7 Å². The van der Waals surface area contributed by atoms with Crippen molar-refractivity contribution in [2.75, 3.05) is 19.6 Å². The Labute approximate surface area is 361 Å². The molecule has 4 aliphatic rings. The van der Waals surface area contributed by atoms with Gasteiger partial charge in [-0.05, 0) is 118 Å². The fourth-order valence-electron chi connectivity index (χ4n) is 9.57. The van der Waals surface area contributed by atoms with E-state index in [9.17, 15) is 24.0 Å². The van der Waals surface area contributed by atoms with Gasteiger partial charge in [0.1, 0.15) is 0 Å². The number of amides is 2. The summed E-state index contributed by atoms with van der Waals surface area (Å²) in [4.78, 5) is 68.2. The standard InChI is InChI=1S/C46H67BClN5O7/c1-28(43(57)52-37(11-7-9-21-50)40(56)23-29(2)47-59-42-26-34-25-41(45(34,3)4)46(42,5)60-47)22-39(55)36(10-6-8-20-49)53-44(58)33(27-51)24-38(54)32-14-12-30(13-15-32)31-16-18-35(48)19-17-31/h12-19,28-29,33-34,36-37,41-42H,6-11,20-27,49-51H2,1-5H3,(H,52,57)(H,53,58)/t28-,29-,33?,34+,36+,37+,41+,42?,46+/m1/s1. The molecule has 2 aromatic carbocycles. The normalized spacial score (nSPS) is 23.9. The van der Waals surface area contributed by atoms with E-state index in [1.165, 1.54) is 0 Å². The summed E-state index contributed by atoms with van der Waals surface area (Å²) in [5, 5.41) is 6.41. The fraction of sp³-hybridized carbons (Fsp3) is 0.630. The number of Topliss-reactive ketones (excluding diaryl/α,β-unsaturated/α-hetero) is 3. The van der Waals surface area contributed by atoms with Crippen LogP contribution in [0.15, 0.2) is 48.5 Å². The van der Waals surface area contributed by atoms with Crippen LogP contribution in [0.5, 0.6) is 0 Å². The van der Waals surface area contributed by atoms with Crippen LogP contribution in [-0.2, 0) is 28.5 Å². The van der Waals surface area contributed by atoms with Gasteiger partial charge in [0.05, 0.1) is 29.7 Å². The zero-order valence-corrected chi connectivity index (χ0v) is 36.9. The third-order valence-electron chi connectivity index (χ3n) is 13.7. The molecule has 328 valence electrons. The van der Waals surface area contributed by atoms with Gasteiger partial charge < -0.3 is 37.1 Å². The number of nitrogens with one attached hydrogen (secondary N) is 2. The molecule has 2 aromatic rings. The second kappa shape index (κ2) is 21.1. The summed E-state index contributed by atoms with van der Waals surface area (Å²) in [6.07, 6.45) is 5.27. The van der Waals surface area contributed by atoms with Crippen LogP contribution in [0.4, 0.5) is 0 Å². The number of nitrogens with two attached hydrogens (primary N) is 3. The molecule has 0 aromatic heterocycles. The number of hydrogen-bond acceptors (Lipinski definition) is 10. The minimum absolute atomic E-state index is 0.00719. The number of unbranched alkanes of at least 4 members (excludes halogenated alkanes) is 2. The van der Waals surface area contributed by atoms with Gasteiger partial charge in [-0.25, -0.2) is 0 Å². The maximum absolute atomic E-state index is 13.9. The zero-order valence-electron chi connectivity index (χ0n) is 36.2. The molecule has 9 atom stereocenters. The van der Waals surface area contributed by atoms with Gasteiger partial charge in [0.25, 0.3) is 0 Å². The van der Waals surface area contributed by atoms with Crippen molar-refractivity contribution in [3.05, 3.63) is 59.1 Å². The summed E-state index contributed by atoms with van der Waals surface area (Å²) in [6.45, 7) is 11.2. The Morgan fingerprint density at radius 2 is 1.32 bits per heavy atom. The fourth-order valence-corrected chi connectivity index (χ4v) is 9.70. The molecule has 6 rings (SSSR count). The lowest BCUT2D eigenvalue weighted by atomic mass is 9.43. The second-order valence-electron chi connectivity index (χ2n) is 18.4. The molecular formula is C46H67BClN5O7. The molecule has 1 saturated heterocycles. The van der Waals surface area contributed by atoms with Crippen LogP contribution in [0.2, 0.25) is 10.8 Å². The van der Waals surface area contributed by atoms with E-state index in [-0.39, 0.29) is 66.1 Å². The van der Waals surface area contributed by atoms with Crippen LogP contribution in [0.25, 0.3) is 11.1 Å². The van der Waals surface area contributed by atoms with Crippen molar-refractivity contribution < 1.29 is 33.3 Å². The number of rotatable bonds is 24. The van der Waals surface area contributed by atoms with Crippen molar-refractivity contribution in [1.82, 2.24) is 10.6 Å². The molecule has 8 N–H and O–H groups in total. The molecule has 2 unspecified atom stereocenters. The van der Waals surface area contributed by atoms with Crippen molar-refractivity contribution in [2.24, 2.45) is 46.3 Å². The van der Waals surface area contributed by atoms with Crippen LogP contribution in [0.1, 0.15) is 116 Å². The summed E-state index contributed by atoms with van der Waals surface area (Å²) in [5.41, 5.74) is 19.6. The van der Waals surface area contributed by atoms with Crippen LogP contribution in [-0.4, -0.2) is 79.7 Å². The number of benzene rings is 2. The lowest BCUT2D eigenvalue weighted by molar-refractivity contribution is -0.199. The molecule has 2 bridgehead atoms. The third kappa shape index (κ3) is 11.3. The molecular weight excluding hydrogens is 781 g/mol. The SMILES string of the molecule is C[C@H](CC(=O)[C@H](CCCCN)NC(=O)[C@H](C)CC(=O)[C@H](CCCCN)NC(=O)C(CN)CC(=O)c1ccc(-c2ccc(Cl)cc2)cc1)B1OC2C[C@@H]3C[C@@H](C3(C)C)[C@]2(C)O1. The molecule has 3 aliphatic carbocycles. The minimum Gasteiger partial charge on any atom is -0.405 e. The van der Waals surface area contributed by atoms with Gasteiger partial charge in [0.2, 0.25) is 11.8 Å². The highest BCUT2D eigenvalue weighted by molar-refractivity contribution is 6.47. The van der Waals surface area contributed by atoms with E-state index in [1.807, 2.05) is 31.2 Å². The van der Waals surface area contributed by atoms with Crippen molar-refractivity contribution in [3.63, 3.8) is 0 Å². The van der Waals surface area contributed by atoms with Crippen LogP contribution >= 0.6 is 11.6 Å². The lowest BCUT2D eigenvalue weighted by Gasteiger charge is -2.64. The number of ketones is 3. The highest BCUT2D eigenvalue weighted by atomic mass is 35.5. The quantitative estimate of drug-likeness (QED) is 0.0470. The van der Waals surface area contributed by atoms with Crippen LogP contribution < -0.4 is 27.8 Å². The van der Waals surface area contributed by atoms with Crippen molar-refractivity contribution in [1.29, 1.82) is 0 Å². The van der Waals surface area contributed by atoms with Crippen LogP contribution in [0.3, 0.4) is 0 Å². The van der Waals surface area contributed by atoms with Crippen LogP contribution in [0, 0.1) is 29.1 Å². The predicted molar refractivity (Wildman–Crippen MR) is 236 cm³/mol. The first-order chi connectivity index (χ1) is 28.5. The van der Waals surface area contributed by atoms with E-state index >= 15 is 0 Å². The highest BCUT2D eigenvalue weighted by Crippen LogP contribution is 2.66. The highest BCUT2D eigenvalue weighted by Gasteiger charge is 2.68. The number of halogens is 1. The first kappa shape index (κ1) is 47.6. The Morgan fingerprint density at radius 3 is 1.87 bits per heavy atom. The zero-order chi connectivity index (χ0) is 43.8. The van der Waals surface area contributed by atoms with Crippen molar-refractivity contribution in [3.8, 4) is 11.1 Å². The minimum atomic E-state index is -0.904. The third-order valence-corrected chi connectivity index (χ3v) is 13.9. The smallest absolute Gasteiger partial charge is 0.405 e. The summed E-state index contributed by atoms with van der Waals surface area (Å²) in [7, 11) is -0.508. The number of carbonyl (C=O) groups excluding carboxylic acids is 5. The van der Waals surface area contributed by atoms with Gasteiger partial charge in [0.15, 0.2) is 17.3 Å². The Balaban J connectivity index is 1.16. The average Bonchev–Trinajstić information content (AvgIpc) is 3.59. The molecule has 12 nitrogen and oxygen atoms in total. The van der Waals surface area contributed by atoms with E-state index < -0.39 is 42.9 Å². The first-order valence-electron chi connectivity index (χ1n) is 22.0. The Morgan fingerprint density at radius 1 is 0.767 bits per heavy atom. The van der Waals surface area contributed by atoms with E-state index in [0.29, 0.717) is 74.0 Å². The first-order valence-corrected chi connectivity index (χ1v) is 22.4. The maximum Gasteiger partial charge on any atom is 0.461 e. The molecule has 60 heavy (non-hydrogen) atoms. The Bertz CT molecular complexity index is 1810. The average molecular weight is 848 g/mol. The van der Waals surface area contributed by atoms with Gasteiger partial charge in [-0.2, -0.15) is 0 Å². The largest absolute Gasteiger partial charge is 0.461 e. The molecule has 3 saturated carbocycles. The molecule has 1 aliphatic heterocycles. The second-order valence-corrected chi connectivity index (χ2v) is 18.8. The van der Waals surface area contributed by atoms with Gasteiger partial charge in [-0.3, -0.25) is 24.0 Å². The molecule has 14 heteroatoms. The summed E-state index contributed by atoms with van der Waals surface area (Å²) in [6, 6.07) is 12.8. The van der Waals surface area contributed by atoms with E-state index in [4.69, 9.17) is 38.1 Å². The summed E-state index contributed by atoms with van der Waals surface area (Å²) < 4.78 is 13.1. The maximum atomic E-state index is 13.9. The van der Waals surface area contributed by atoms with E-state index in [2.05, 4.69) is 31.4 Å². The van der Waals surface area contributed by atoms with Gasteiger partial charge in [-0.15, -0.1) is 0 Å². The van der Waals surface area contributed by atoms with Crippen molar-refractivity contribution in [2.45, 2.75) is 135 Å². The predicted octanol–water partition coefficient (Wildman–Crippen LogP) is 6.06. The van der Waals surface area contributed by atoms with Gasteiger partial charge in [0, 0.05) is 42.3 Å². The molecule has 2 amide bonds. The summed E-state index contributed by atoms with van der Waals surface area (Å²) >= 11 is 6.02. The van der Waals surface area contributed by atoms with Crippen molar-refractivity contribution >= 4 is 47.9 Å². The molecule has 0 spiro atoms. The molecule has 0 radical (unpaired) electrons. The number of hydrogen-bond donors (Lipinski definition) is 5. The van der Waals surface area contributed by atoms with E-state index in [0.717, 1.165) is 24.0 Å². The summed E-state index contributed by atoms with van der Waals surface area (Å²) in [5.74, 6) is -2.47. The Kier molecular flexibility index (Phi) is 16.7. The lowest BCUT2D eigenvalue weighted by Crippen LogP contribution is -2.65. The molecule has 1 heterocycles. The Hall–Kier alpha value is -3.46. The monoisotopic (exact) mass is 847 g/mol. The number of carbonyl (C=O) groups is 5. The molecule has 4 fully saturated rings. The van der Waals surface area contributed by atoms with E-state index in [1.54, 1.807) is 31.2 Å². The van der Waals surface area contributed by atoms with Gasteiger partial charge >= 0.3 is 7.12 Å². The topological polar surface area (TPSA) is 206 Å².